The third kappa shape index (κ3) is 2.13. The summed E-state index contributed by atoms with van der Waals surface area (Å²) in [5.41, 5.74) is 0.339. The van der Waals surface area contributed by atoms with Gasteiger partial charge >= 0.3 is 0 Å². The molecule has 1 N–H and O–H groups in total. The summed E-state index contributed by atoms with van der Waals surface area (Å²) in [6, 6.07) is 0.354. The van der Waals surface area contributed by atoms with Crippen molar-refractivity contribution in [3.05, 3.63) is 16.6 Å². The van der Waals surface area contributed by atoms with Crippen LogP contribution < -0.4 is 5.32 Å². The zero-order valence-electron chi connectivity index (χ0n) is 8.62. The first kappa shape index (κ1) is 10.1. The maximum atomic E-state index is 5.21. The standard InChI is InChI=1S/C10H16N2OS/c1-8(9-11-3-4-14-9)12-5-10(2)6-13-7-10/h3-4,8,12H,5-7H2,1-2H3. The summed E-state index contributed by atoms with van der Waals surface area (Å²) in [6.07, 6.45) is 1.85. The summed E-state index contributed by atoms with van der Waals surface area (Å²) < 4.78 is 5.21. The molecule has 0 aliphatic carbocycles. The van der Waals surface area contributed by atoms with Gasteiger partial charge in [0, 0.05) is 23.5 Å². The van der Waals surface area contributed by atoms with Gasteiger partial charge in [0.25, 0.3) is 0 Å². The highest BCUT2D eigenvalue weighted by atomic mass is 32.1. The van der Waals surface area contributed by atoms with Crippen molar-refractivity contribution >= 4 is 11.3 Å². The molecule has 1 aliphatic heterocycles. The van der Waals surface area contributed by atoms with Crippen molar-refractivity contribution in [2.45, 2.75) is 19.9 Å². The zero-order chi connectivity index (χ0) is 10.0. The molecule has 0 amide bonds. The number of hydrogen-bond donors (Lipinski definition) is 1. The van der Waals surface area contributed by atoms with Gasteiger partial charge < -0.3 is 10.1 Å². The van der Waals surface area contributed by atoms with Crippen molar-refractivity contribution in [1.29, 1.82) is 0 Å². The van der Waals surface area contributed by atoms with Crippen LogP contribution in [-0.2, 0) is 4.74 Å². The van der Waals surface area contributed by atoms with Crippen molar-refractivity contribution < 1.29 is 4.74 Å². The third-order valence-electron chi connectivity index (χ3n) is 2.56. The van der Waals surface area contributed by atoms with Crippen molar-refractivity contribution in [3.8, 4) is 0 Å². The number of thiazole rings is 1. The average molecular weight is 212 g/mol. The first-order chi connectivity index (χ1) is 6.70. The van der Waals surface area contributed by atoms with Crippen LogP contribution >= 0.6 is 11.3 Å². The Hall–Kier alpha value is -0.450. The summed E-state index contributed by atoms with van der Waals surface area (Å²) in [6.45, 7) is 7.17. The number of rotatable bonds is 4. The largest absolute Gasteiger partial charge is 0.380 e. The summed E-state index contributed by atoms with van der Waals surface area (Å²) in [7, 11) is 0. The summed E-state index contributed by atoms with van der Waals surface area (Å²) >= 11 is 1.70. The predicted octanol–water partition coefficient (Wildman–Crippen LogP) is 1.83. The molecule has 1 atom stereocenters. The maximum absolute atomic E-state index is 5.21. The molecule has 0 saturated carbocycles. The van der Waals surface area contributed by atoms with Crippen LogP contribution in [0.3, 0.4) is 0 Å². The van der Waals surface area contributed by atoms with E-state index in [0.29, 0.717) is 11.5 Å². The Balaban J connectivity index is 1.80. The Morgan fingerprint density at radius 3 is 3.00 bits per heavy atom. The van der Waals surface area contributed by atoms with Crippen LogP contribution in [0, 0.1) is 5.41 Å². The highest BCUT2D eigenvalue weighted by molar-refractivity contribution is 7.09. The van der Waals surface area contributed by atoms with Crippen molar-refractivity contribution in [2.24, 2.45) is 5.41 Å². The van der Waals surface area contributed by atoms with E-state index in [1.54, 1.807) is 11.3 Å². The lowest BCUT2D eigenvalue weighted by Gasteiger charge is -2.38. The van der Waals surface area contributed by atoms with Gasteiger partial charge in [-0.1, -0.05) is 6.92 Å². The number of nitrogens with one attached hydrogen (secondary N) is 1. The fourth-order valence-electron chi connectivity index (χ4n) is 1.49. The molecule has 0 bridgehead atoms. The first-order valence-corrected chi connectivity index (χ1v) is 5.78. The van der Waals surface area contributed by atoms with E-state index in [1.807, 2.05) is 11.6 Å². The quantitative estimate of drug-likeness (QED) is 0.827. The highest BCUT2D eigenvalue weighted by Crippen LogP contribution is 2.26. The fraction of sp³-hybridized carbons (Fsp3) is 0.700. The van der Waals surface area contributed by atoms with Gasteiger partial charge in [-0.05, 0) is 6.92 Å². The van der Waals surface area contributed by atoms with Gasteiger partial charge in [0.15, 0.2) is 0 Å². The Labute approximate surface area is 88.5 Å². The fourth-order valence-corrected chi connectivity index (χ4v) is 2.16. The molecule has 2 rings (SSSR count). The lowest BCUT2D eigenvalue weighted by atomic mass is 9.88. The van der Waals surface area contributed by atoms with Gasteiger partial charge in [-0.25, -0.2) is 4.98 Å². The van der Waals surface area contributed by atoms with E-state index in [-0.39, 0.29) is 0 Å². The minimum Gasteiger partial charge on any atom is -0.380 e. The third-order valence-corrected chi connectivity index (χ3v) is 3.52. The number of aromatic nitrogens is 1. The lowest BCUT2D eigenvalue weighted by molar-refractivity contribution is -0.0999. The van der Waals surface area contributed by atoms with Gasteiger partial charge in [-0.3, -0.25) is 0 Å². The molecule has 0 radical (unpaired) electrons. The SMILES string of the molecule is CC(NCC1(C)COC1)c1nccs1. The first-order valence-electron chi connectivity index (χ1n) is 4.90. The average Bonchev–Trinajstić information content (AvgIpc) is 2.63. The molecule has 14 heavy (non-hydrogen) atoms. The smallest absolute Gasteiger partial charge is 0.109 e. The molecule has 3 nitrogen and oxygen atoms in total. The van der Waals surface area contributed by atoms with Gasteiger partial charge in [0.2, 0.25) is 0 Å². The molecule has 1 aliphatic rings. The molecule has 1 aromatic heterocycles. The number of hydrogen-bond acceptors (Lipinski definition) is 4. The monoisotopic (exact) mass is 212 g/mol. The second-order valence-corrected chi connectivity index (χ2v) is 5.20. The summed E-state index contributed by atoms with van der Waals surface area (Å²) in [4.78, 5) is 4.29. The molecule has 2 heterocycles. The van der Waals surface area contributed by atoms with Crippen LogP contribution in [-0.4, -0.2) is 24.7 Å². The van der Waals surface area contributed by atoms with Crippen LogP contribution in [0.1, 0.15) is 24.9 Å². The molecule has 0 aromatic carbocycles. The predicted molar refractivity (Wildman–Crippen MR) is 57.5 cm³/mol. The van der Waals surface area contributed by atoms with Gasteiger partial charge in [0.1, 0.15) is 5.01 Å². The highest BCUT2D eigenvalue weighted by Gasteiger charge is 2.33. The molecule has 1 unspecified atom stereocenters. The summed E-state index contributed by atoms with van der Waals surface area (Å²) in [5, 5.41) is 6.67. The number of nitrogens with zero attached hydrogens (tertiary/aromatic N) is 1. The van der Waals surface area contributed by atoms with Crippen LogP contribution in [0.4, 0.5) is 0 Å². The molecule has 1 fully saturated rings. The topological polar surface area (TPSA) is 34.1 Å². The van der Waals surface area contributed by atoms with E-state index in [2.05, 4.69) is 24.1 Å². The van der Waals surface area contributed by atoms with E-state index < -0.39 is 0 Å². The Morgan fingerprint density at radius 2 is 2.50 bits per heavy atom. The lowest BCUT2D eigenvalue weighted by Crippen LogP contribution is -2.47. The van der Waals surface area contributed by atoms with Crippen molar-refractivity contribution in [3.63, 3.8) is 0 Å². The molecule has 1 aromatic rings. The van der Waals surface area contributed by atoms with Crippen LogP contribution in [0.25, 0.3) is 0 Å². The second-order valence-electron chi connectivity index (χ2n) is 4.28. The van der Waals surface area contributed by atoms with Crippen molar-refractivity contribution in [1.82, 2.24) is 10.3 Å². The zero-order valence-corrected chi connectivity index (χ0v) is 9.43. The van der Waals surface area contributed by atoms with E-state index in [9.17, 15) is 0 Å². The minimum atomic E-state index is 0.339. The summed E-state index contributed by atoms with van der Waals surface area (Å²) in [5.74, 6) is 0. The minimum absolute atomic E-state index is 0.339. The van der Waals surface area contributed by atoms with E-state index in [0.717, 1.165) is 24.8 Å². The molecular weight excluding hydrogens is 196 g/mol. The second kappa shape index (κ2) is 3.96. The van der Waals surface area contributed by atoms with Crippen LogP contribution in [0.15, 0.2) is 11.6 Å². The molecule has 4 heteroatoms. The Kier molecular flexibility index (Phi) is 2.85. The van der Waals surface area contributed by atoms with Crippen LogP contribution in [0.5, 0.6) is 0 Å². The Morgan fingerprint density at radius 1 is 1.71 bits per heavy atom. The van der Waals surface area contributed by atoms with E-state index in [4.69, 9.17) is 4.74 Å². The van der Waals surface area contributed by atoms with Crippen molar-refractivity contribution in [2.75, 3.05) is 19.8 Å². The number of ether oxygens (including phenoxy) is 1. The normalized spacial score (nSPS) is 21.6. The van der Waals surface area contributed by atoms with E-state index in [1.165, 1.54) is 0 Å². The molecular formula is C10H16N2OS. The van der Waals surface area contributed by atoms with Gasteiger partial charge in [0.05, 0.1) is 19.3 Å². The molecule has 78 valence electrons. The van der Waals surface area contributed by atoms with E-state index >= 15 is 0 Å². The van der Waals surface area contributed by atoms with Gasteiger partial charge in [-0.2, -0.15) is 0 Å². The maximum Gasteiger partial charge on any atom is 0.109 e. The Bertz CT molecular complexity index is 282. The molecule has 0 spiro atoms. The van der Waals surface area contributed by atoms with Gasteiger partial charge in [-0.15, -0.1) is 11.3 Å². The molecule has 1 saturated heterocycles. The van der Waals surface area contributed by atoms with Crippen LogP contribution in [0.2, 0.25) is 0 Å².